The summed E-state index contributed by atoms with van der Waals surface area (Å²) in [5.74, 6) is -0.0122. The minimum Gasteiger partial charge on any atom is -0.392 e. The predicted molar refractivity (Wildman–Crippen MR) is 126 cm³/mol. The van der Waals surface area contributed by atoms with Crippen LogP contribution < -0.4 is 21.9 Å². The Kier molecular flexibility index (Phi) is 7.04. The molecule has 1 aliphatic rings. The molecular formula is C25H28N4O4. The summed E-state index contributed by atoms with van der Waals surface area (Å²) in [4.78, 5) is 42.0. The van der Waals surface area contributed by atoms with E-state index in [1.807, 2.05) is 36.4 Å². The van der Waals surface area contributed by atoms with E-state index in [4.69, 9.17) is 0 Å². The van der Waals surface area contributed by atoms with Crippen LogP contribution in [0.3, 0.4) is 0 Å². The number of anilines is 1. The number of nitrogens with one attached hydrogen (secondary N) is 4. The highest BCUT2D eigenvalue weighted by Crippen LogP contribution is 2.32. The first-order chi connectivity index (χ1) is 16.0. The smallest absolute Gasteiger partial charge is 0.326 e. The Labute approximate surface area is 191 Å². The van der Waals surface area contributed by atoms with Crippen molar-refractivity contribution in [1.82, 2.24) is 15.3 Å². The van der Waals surface area contributed by atoms with Crippen LogP contribution in [-0.2, 0) is 13.2 Å². The second-order valence-electron chi connectivity index (χ2n) is 8.37. The second-order valence-corrected chi connectivity index (χ2v) is 8.37. The van der Waals surface area contributed by atoms with Crippen LogP contribution in [0.2, 0.25) is 0 Å². The number of aromatic amines is 2. The molecule has 1 heterocycles. The number of aliphatic hydroxyl groups excluding tert-OH is 1. The Morgan fingerprint density at radius 1 is 0.909 bits per heavy atom. The zero-order chi connectivity index (χ0) is 23.2. The highest BCUT2D eigenvalue weighted by molar-refractivity contribution is 5.97. The molecule has 8 nitrogen and oxygen atoms in total. The number of hydrogen-bond donors (Lipinski definition) is 5. The molecule has 172 valence electrons. The Bertz CT molecular complexity index is 1210. The summed E-state index contributed by atoms with van der Waals surface area (Å²) in [6.45, 7) is 0.0765. The topological polar surface area (TPSA) is 127 Å². The summed E-state index contributed by atoms with van der Waals surface area (Å²) in [6, 6.07) is 17.6. The molecule has 1 aromatic heterocycles. The molecule has 2 aromatic carbocycles. The number of carbonyl (C=O) groups excluding carboxylic acids is 1. The minimum atomic E-state index is -0.737. The quantitative estimate of drug-likeness (QED) is 0.380. The maximum Gasteiger partial charge on any atom is 0.326 e. The van der Waals surface area contributed by atoms with Crippen LogP contribution in [0.15, 0.2) is 64.2 Å². The molecule has 1 amide bonds. The fraction of sp³-hybridized carbons (Fsp3) is 0.320. The fourth-order valence-corrected chi connectivity index (χ4v) is 4.45. The van der Waals surface area contributed by atoms with Gasteiger partial charge in [0.1, 0.15) is 11.4 Å². The molecule has 1 fully saturated rings. The molecule has 33 heavy (non-hydrogen) atoms. The number of aromatic nitrogens is 2. The van der Waals surface area contributed by atoms with Crippen LogP contribution in [0.5, 0.6) is 0 Å². The van der Waals surface area contributed by atoms with Gasteiger partial charge in [0.25, 0.3) is 11.5 Å². The van der Waals surface area contributed by atoms with E-state index in [9.17, 15) is 19.5 Å². The minimum absolute atomic E-state index is 0.00202. The van der Waals surface area contributed by atoms with Gasteiger partial charge in [-0.3, -0.25) is 14.6 Å². The van der Waals surface area contributed by atoms with Crippen LogP contribution in [0.4, 0.5) is 5.69 Å². The molecule has 5 N–H and O–H groups in total. The number of amides is 1. The summed E-state index contributed by atoms with van der Waals surface area (Å²) in [5, 5.41) is 15.5. The van der Waals surface area contributed by atoms with Crippen molar-refractivity contribution in [3.63, 3.8) is 0 Å². The van der Waals surface area contributed by atoms with Gasteiger partial charge >= 0.3 is 5.69 Å². The van der Waals surface area contributed by atoms with Crippen molar-refractivity contribution < 1.29 is 9.90 Å². The van der Waals surface area contributed by atoms with E-state index in [2.05, 4.69) is 32.7 Å². The number of aliphatic hydroxyl groups is 1. The summed E-state index contributed by atoms with van der Waals surface area (Å²) >= 11 is 0. The SMILES string of the molecule is O=C(N[C@H]1CC[C@@H](c2ccccc2)CC1)c1[nH]c(=O)[nH]c(=O)c1NCc1ccccc1CO. The highest BCUT2D eigenvalue weighted by atomic mass is 16.3. The summed E-state index contributed by atoms with van der Waals surface area (Å²) in [6.07, 6.45) is 3.57. The molecule has 8 heteroatoms. The Hall–Kier alpha value is -3.65. The lowest BCUT2D eigenvalue weighted by Crippen LogP contribution is -2.40. The van der Waals surface area contributed by atoms with Gasteiger partial charge in [0, 0.05) is 12.6 Å². The number of hydrogen-bond acceptors (Lipinski definition) is 5. The Morgan fingerprint density at radius 3 is 2.27 bits per heavy atom. The largest absolute Gasteiger partial charge is 0.392 e. The third-order valence-electron chi connectivity index (χ3n) is 6.25. The van der Waals surface area contributed by atoms with E-state index >= 15 is 0 Å². The van der Waals surface area contributed by atoms with Crippen molar-refractivity contribution in [2.75, 3.05) is 5.32 Å². The molecule has 3 aromatic rings. The monoisotopic (exact) mass is 448 g/mol. The van der Waals surface area contributed by atoms with Crippen molar-refractivity contribution in [2.45, 2.75) is 50.8 Å². The summed E-state index contributed by atoms with van der Waals surface area (Å²) < 4.78 is 0. The summed E-state index contributed by atoms with van der Waals surface area (Å²) in [5.41, 5.74) is 1.32. The van der Waals surface area contributed by atoms with Gasteiger partial charge in [-0.2, -0.15) is 0 Å². The molecule has 0 spiro atoms. The molecule has 0 atom stereocenters. The maximum absolute atomic E-state index is 13.0. The Morgan fingerprint density at radius 2 is 1.58 bits per heavy atom. The summed E-state index contributed by atoms with van der Waals surface area (Å²) in [7, 11) is 0. The van der Waals surface area contributed by atoms with Gasteiger partial charge in [-0.15, -0.1) is 0 Å². The molecule has 0 saturated heterocycles. The standard InChI is InChI=1S/C25H28N4O4/c30-15-19-9-5-4-8-18(19)14-26-21-22(28-25(33)29-23(21)31)24(32)27-20-12-10-17(11-13-20)16-6-2-1-3-7-16/h1-9,17,20,26,30H,10-15H2,(H,27,32)(H2,28,29,31,33)/t17-,20+. The van der Waals surface area contributed by atoms with Crippen molar-refractivity contribution in [3.8, 4) is 0 Å². The molecule has 0 bridgehead atoms. The number of H-pyrrole nitrogens is 2. The maximum atomic E-state index is 13.0. The van der Waals surface area contributed by atoms with Crippen molar-refractivity contribution in [2.24, 2.45) is 0 Å². The lowest BCUT2D eigenvalue weighted by Gasteiger charge is -2.29. The number of carbonyl (C=O) groups is 1. The van der Waals surface area contributed by atoms with Gasteiger partial charge in [0.05, 0.1) is 6.61 Å². The van der Waals surface area contributed by atoms with E-state index in [0.717, 1.165) is 31.2 Å². The predicted octanol–water partition coefficient (Wildman–Crippen LogP) is 2.62. The van der Waals surface area contributed by atoms with Crippen molar-refractivity contribution in [1.29, 1.82) is 0 Å². The van der Waals surface area contributed by atoms with Gasteiger partial charge < -0.3 is 20.7 Å². The average Bonchev–Trinajstić information content (AvgIpc) is 2.84. The Balaban J connectivity index is 1.45. The molecule has 0 radical (unpaired) electrons. The molecule has 0 aliphatic heterocycles. The van der Waals surface area contributed by atoms with Crippen LogP contribution in [0, 0.1) is 0 Å². The lowest BCUT2D eigenvalue weighted by molar-refractivity contribution is 0.0921. The van der Waals surface area contributed by atoms with Gasteiger partial charge in [-0.1, -0.05) is 54.6 Å². The first-order valence-corrected chi connectivity index (χ1v) is 11.2. The van der Waals surface area contributed by atoms with Crippen LogP contribution in [0.1, 0.15) is 58.8 Å². The van der Waals surface area contributed by atoms with Crippen LogP contribution in [0.25, 0.3) is 0 Å². The van der Waals surface area contributed by atoms with Crippen molar-refractivity contribution in [3.05, 3.63) is 97.8 Å². The first-order valence-electron chi connectivity index (χ1n) is 11.2. The molecule has 1 saturated carbocycles. The van der Waals surface area contributed by atoms with E-state index in [0.29, 0.717) is 11.5 Å². The highest BCUT2D eigenvalue weighted by Gasteiger charge is 2.25. The van der Waals surface area contributed by atoms with Crippen LogP contribution in [-0.4, -0.2) is 27.0 Å². The second kappa shape index (κ2) is 10.3. The molecular weight excluding hydrogens is 420 g/mol. The zero-order valence-electron chi connectivity index (χ0n) is 18.3. The van der Waals surface area contributed by atoms with Gasteiger partial charge in [-0.25, -0.2) is 4.79 Å². The van der Waals surface area contributed by atoms with Crippen molar-refractivity contribution >= 4 is 11.6 Å². The van der Waals surface area contributed by atoms with E-state index in [1.165, 1.54) is 5.56 Å². The fourth-order valence-electron chi connectivity index (χ4n) is 4.45. The first kappa shape index (κ1) is 22.5. The molecule has 1 aliphatic carbocycles. The van der Waals surface area contributed by atoms with Gasteiger partial charge in [0.2, 0.25) is 0 Å². The van der Waals surface area contributed by atoms with E-state index in [1.54, 1.807) is 6.07 Å². The van der Waals surface area contributed by atoms with Gasteiger partial charge in [0.15, 0.2) is 0 Å². The number of benzene rings is 2. The average molecular weight is 449 g/mol. The number of rotatable bonds is 7. The molecule has 0 unspecified atom stereocenters. The third kappa shape index (κ3) is 5.40. The zero-order valence-corrected chi connectivity index (χ0v) is 18.3. The normalized spacial score (nSPS) is 18.0. The molecule has 4 rings (SSSR count). The third-order valence-corrected chi connectivity index (χ3v) is 6.25. The van der Waals surface area contributed by atoms with Gasteiger partial charge in [-0.05, 0) is 48.3 Å². The van der Waals surface area contributed by atoms with E-state index in [-0.39, 0.29) is 30.6 Å². The van der Waals surface area contributed by atoms with E-state index < -0.39 is 17.2 Å². The lowest BCUT2D eigenvalue weighted by atomic mass is 9.82. The van der Waals surface area contributed by atoms with Crippen LogP contribution >= 0.6 is 0 Å².